The SMILES string of the molecule is COCCN(C(=O)c1sc(NC(C)(C)C)nc1N)C(C)C. The first kappa shape index (κ1) is 17.7. The number of hydrogen-bond acceptors (Lipinski definition) is 6. The van der Waals surface area contributed by atoms with Crippen LogP contribution >= 0.6 is 11.3 Å². The van der Waals surface area contributed by atoms with Crippen LogP contribution in [0.25, 0.3) is 0 Å². The molecule has 1 aromatic rings. The first-order valence-corrected chi connectivity index (χ1v) is 7.81. The minimum Gasteiger partial charge on any atom is -0.383 e. The van der Waals surface area contributed by atoms with E-state index in [4.69, 9.17) is 10.5 Å². The molecule has 7 heteroatoms. The summed E-state index contributed by atoms with van der Waals surface area (Å²) < 4.78 is 5.06. The Morgan fingerprint density at radius 2 is 2.10 bits per heavy atom. The maximum Gasteiger partial charge on any atom is 0.268 e. The third-order valence-corrected chi connectivity index (χ3v) is 3.72. The van der Waals surface area contributed by atoms with Crippen LogP contribution in [0.4, 0.5) is 10.9 Å². The average Bonchev–Trinajstić information content (AvgIpc) is 2.67. The van der Waals surface area contributed by atoms with Crippen LogP contribution in [0.15, 0.2) is 0 Å². The van der Waals surface area contributed by atoms with Crippen molar-refractivity contribution in [2.45, 2.75) is 46.2 Å². The number of nitrogens with two attached hydrogens (primary N) is 1. The second-order valence-electron chi connectivity index (χ2n) is 6.19. The number of carbonyl (C=O) groups is 1. The monoisotopic (exact) mass is 314 g/mol. The van der Waals surface area contributed by atoms with Crippen LogP contribution in [0.1, 0.15) is 44.3 Å². The minimum absolute atomic E-state index is 0.0770. The number of ether oxygens (including phenoxy) is 1. The fourth-order valence-electron chi connectivity index (χ4n) is 1.77. The van der Waals surface area contributed by atoms with E-state index in [1.165, 1.54) is 11.3 Å². The lowest BCUT2D eigenvalue weighted by Gasteiger charge is -2.25. The Kier molecular flexibility index (Phi) is 5.98. The lowest BCUT2D eigenvalue weighted by molar-refractivity contribution is 0.0640. The molecule has 1 amide bonds. The number of aromatic nitrogens is 1. The van der Waals surface area contributed by atoms with Crippen LogP contribution < -0.4 is 11.1 Å². The van der Waals surface area contributed by atoms with Crippen LogP contribution in [-0.2, 0) is 4.74 Å². The predicted octanol–water partition coefficient (Wildman–Crippen LogP) is 2.43. The van der Waals surface area contributed by atoms with Crippen molar-refractivity contribution in [3.63, 3.8) is 0 Å². The Balaban J connectivity index is 2.95. The summed E-state index contributed by atoms with van der Waals surface area (Å²) in [4.78, 5) is 19.1. The van der Waals surface area contributed by atoms with Gasteiger partial charge in [0.25, 0.3) is 5.91 Å². The molecule has 6 nitrogen and oxygen atoms in total. The van der Waals surface area contributed by atoms with E-state index in [-0.39, 0.29) is 23.3 Å². The molecule has 120 valence electrons. The lowest BCUT2D eigenvalue weighted by Crippen LogP contribution is -2.39. The van der Waals surface area contributed by atoms with Gasteiger partial charge in [0.05, 0.1) is 6.61 Å². The van der Waals surface area contributed by atoms with E-state index in [2.05, 4.69) is 10.3 Å². The number of anilines is 2. The summed E-state index contributed by atoms with van der Waals surface area (Å²) in [6.07, 6.45) is 0. The van der Waals surface area contributed by atoms with E-state index in [0.29, 0.717) is 23.2 Å². The molecule has 0 saturated heterocycles. The number of methoxy groups -OCH3 is 1. The number of hydrogen-bond donors (Lipinski definition) is 2. The molecule has 0 unspecified atom stereocenters. The summed E-state index contributed by atoms with van der Waals surface area (Å²) in [6.45, 7) is 11.1. The van der Waals surface area contributed by atoms with E-state index in [9.17, 15) is 4.79 Å². The number of thiazole rings is 1. The van der Waals surface area contributed by atoms with Crippen LogP contribution in [0.5, 0.6) is 0 Å². The van der Waals surface area contributed by atoms with Gasteiger partial charge in [-0.25, -0.2) is 4.98 Å². The van der Waals surface area contributed by atoms with Crippen LogP contribution in [0.2, 0.25) is 0 Å². The summed E-state index contributed by atoms with van der Waals surface area (Å²) in [5.41, 5.74) is 5.78. The van der Waals surface area contributed by atoms with E-state index in [0.717, 1.165) is 0 Å². The molecule has 1 aromatic heterocycles. The third kappa shape index (κ3) is 5.17. The molecule has 21 heavy (non-hydrogen) atoms. The number of nitrogens with zero attached hydrogens (tertiary/aromatic N) is 2. The largest absolute Gasteiger partial charge is 0.383 e. The van der Waals surface area contributed by atoms with Crippen molar-refractivity contribution in [1.82, 2.24) is 9.88 Å². The molecule has 1 heterocycles. The van der Waals surface area contributed by atoms with Gasteiger partial charge in [-0.05, 0) is 34.6 Å². The van der Waals surface area contributed by atoms with Gasteiger partial charge >= 0.3 is 0 Å². The fourth-order valence-corrected chi connectivity index (χ4v) is 2.82. The van der Waals surface area contributed by atoms with Crippen LogP contribution in [-0.4, -0.2) is 47.6 Å². The topological polar surface area (TPSA) is 80.5 Å². The van der Waals surface area contributed by atoms with Crippen molar-refractivity contribution >= 4 is 28.2 Å². The number of rotatable bonds is 6. The van der Waals surface area contributed by atoms with Crippen molar-refractivity contribution in [3.8, 4) is 0 Å². The van der Waals surface area contributed by atoms with E-state index in [1.807, 2.05) is 34.6 Å². The van der Waals surface area contributed by atoms with Gasteiger partial charge in [-0.15, -0.1) is 0 Å². The number of nitrogens with one attached hydrogen (secondary N) is 1. The highest BCUT2D eigenvalue weighted by Crippen LogP contribution is 2.28. The van der Waals surface area contributed by atoms with Crippen molar-refractivity contribution in [1.29, 1.82) is 0 Å². The zero-order valence-electron chi connectivity index (χ0n) is 13.7. The second-order valence-corrected chi connectivity index (χ2v) is 7.19. The first-order chi connectivity index (χ1) is 9.65. The summed E-state index contributed by atoms with van der Waals surface area (Å²) in [5, 5.41) is 3.91. The first-order valence-electron chi connectivity index (χ1n) is 7.00. The molecule has 0 spiro atoms. The van der Waals surface area contributed by atoms with Gasteiger partial charge in [-0.1, -0.05) is 11.3 Å². The number of carbonyl (C=O) groups excluding carboxylic acids is 1. The van der Waals surface area contributed by atoms with Crippen LogP contribution in [0.3, 0.4) is 0 Å². The van der Waals surface area contributed by atoms with Gasteiger partial charge in [0.1, 0.15) is 10.7 Å². The molecular formula is C14H26N4O2S. The second kappa shape index (κ2) is 7.09. The Morgan fingerprint density at radius 1 is 1.48 bits per heavy atom. The third-order valence-electron chi connectivity index (χ3n) is 2.75. The van der Waals surface area contributed by atoms with Gasteiger partial charge in [0.2, 0.25) is 0 Å². The fraction of sp³-hybridized carbons (Fsp3) is 0.714. The predicted molar refractivity (Wildman–Crippen MR) is 88.0 cm³/mol. The highest BCUT2D eigenvalue weighted by Gasteiger charge is 2.25. The van der Waals surface area contributed by atoms with Gasteiger partial charge in [-0.3, -0.25) is 4.79 Å². The highest BCUT2D eigenvalue weighted by atomic mass is 32.1. The zero-order valence-corrected chi connectivity index (χ0v) is 14.5. The molecule has 0 aliphatic carbocycles. The average molecular weight is 314 g/mol. The smallest absolute Gasteiger partial charge is 0.268 e. The Morgan fingerprint density at radius 3 is 2.57 bits per heavy atom. The maximum atomic E-state index is 12.6. The molecular weight excluding hydrogens is 288 g/mol. The van der Waals surface area contributed by atoms with Crippen molar-refractivity contribution in [3.05, 3.63) is 4.88 Å². The standard InChI is InChI=1S/C14H26N4O2S/c1-9(2)18(7-8-20-6)12(19)10-11(15)16-13(21-10)17-14(3,4)5/h9H,7-8,15H2,1-6H3,(H,16,17). The lowest BCUT2D eigenvalue weighted by atomic mass is 10.1. The van der Waals surface area contributed by atoms with Crippen LogP contribution in [0, 0.1) is 0 Å². The van der Waals surface area contributed by atoms with E-state index >= 15 is 0 Å². The summed E-state index contributed by atoms with van der Waals surface area (Å²) >= 11 is 1.29. The van der Waals surface area contributed by atoms with Crippen molar-refractivity contribution < 1.29 is 9.53 Å². The molecule has 1 rings (SSSR count). The Labute approximate surface area is 130 Å². The minimum atomic E-state index is -0.127. The molecule has 0 saturated carbocycles. The summed E-state index contributed by atoms with van der Waals surface area (Å²) in [6, 6.07) is 0.0770. The van der Waals surface area contributed by atoms with Crippen molar-refractivity contribution in [2.24, 2.45) is 0 Å². The molecule has 0 radical (unpaired) electrons. The molecule has 3 N–H and O–H groups in total. The van der Waals surface area contributed by atoms with Gasteiger partial charge in [-0.2, -0.15) is 0 Å². The number of nitrogen functional groups attached to an aromatic ring is 1. The molecule has 0 aromatic carbocycles. The number of amides is 1. The molecule has 0 atom stereocenters. The molecule has 0 aliphatic heterocycles. The van der Waals surface area contributed by atoms with Gasteiger partial charge < -0.3 is 20.7 Å². The molecule has 0 bridgehead atoms. The Hall–Kier alpha value is -1.34. The summed E-state index contributed by atoms with van der Waals surface area (Å²) in [5.74, 6) is 0.179. The summed E-state index contributed by atoms with van der Waals surface area (Å²) in [7, 11) is 1.62. The normalized spacial score (nSPS) is 11.8. The van der Waals surface area contributed by atoms with E-state index < -0.39 is 0 Å². The maximum absolute atomic E-state index is 12.6. The Bertz CT molecular complexity index is 480. The van der Waals surface area contributed by atoms with Crippen molar-refractivity contribution in [2.75, 3.05) is 31.3 Å². The van der Waals surface area contributed by atoms with Gasteiger partial charge in [0.15, 0.2) is 5.13 Å². The molecule has 0 aliphatic rings. The van der Waals surface area contributed by atoms with Gasteiger partial charge in [0, 0.05) is 25.2 Å². The quantitative estimate of drug-likeness (QED) is 0.843. The van der Waals surface area contributed by atoms with E-state index in [1.54, 1.807) is 12.0 Å². The highest BCUT2D eigenvalue weighted by molar-refractivity contribution is 7.18. The molecule has 0 fully saturated rings. The zero-order chi connectivity index (χ0) is 16.2.